The summed E-state index contributed by atoms with van der Waals surface area (Å²) in [6.07, 6.45) is 7.26. The maximum Gasteiger partial charge on any atom is 0.335 e. The highest BCUT2D eigenvalue weighted by Crippen LogP contribution is 2.27. The van der Waals surface area contributed by atoms with Crippen molar-refractivity contribution >= 4 is 57.1 Å². The minimum absolute atomic E-state index is 0.181. The van der Waals surface area contributed by atoms with Crippen LogP contribution < -0.4 is 15.6 Å². The third-order valence-electron chi connectivity index (χ3n) is 4.63. The largest absolute Gasteiger partial charge is 0.494 e. The molecular weight excluding hydrogens is 549 g/mol. The lowest BCUT2D eigenvalue weighted by molar-refractivity contribution is -0.129. The van der Waals surface area contributed by atoms with Crippen LogP contribution in [0.2, 0.25) is 0 Å². The Kier molecular flexibility index (Phi) is 8.36. The van der Waals surface area contributed by atoms with Crippen molar-refractivity contribution < 1.29 is 19.4 Å². The number of halogens is 1. The van der Waals surface area contributed by atoms with Crippen molar-refractivity contribution in [1.82, 2.24) is 4.98 Å². The molecule has 0 aliphatic carbocycles. The van der Waals surface area contributed by atoms with Gasteiger partial charge in [-0.05, 0) is 78.4 Å². The predicted octanol–water partition coefficient (Wildman–Crippen LogP) is 4.45. The van der Waals surface area contributed by atoms with Gasteiger partial charge in [-0.1, -0.05) is 18.2 Å². The van der Waals surface area contributed by atoms with E-state index in [1.54, 1.807) is 56.3 Å². The first kappa shape index (κ1) is 24.9. The number of H-pyrrole nitrogens is 1. The number of amides is 1. The third-order valence-corrected chi connectivity index (χ3v) is 5.30. The quantitative estimate of drug-likeness (QED) is 0.127. The molecule has 3 aromatic rings. The molecule has 0 unspecified atom stereocenters. The minimum atomic E-state index is -0.580. The number of ether oxygens (including phenoxy) is 1. The maximum atomic E-state index is 12.1. The molecule has 0 bridgehead atoms. The topological polar surface area (TPSA) is 121 Å². The normalized spacial score (nSPS) is 11.6. The van der Waals surface area contributed by atoms with Crippen LogP contribution in [0.4, 0.5) is 5.69 Å². The first-order valence-corrected chi connectivity index (χ1v) is 11.4. The van der Waals surface area contributed by atoms with E-state index >= 15 is 0 Å². The summed E-state index contributed by atoms with van der Waals surface area (Å²) in [6.45, 7) is 3.61. The number of hydrogen-bond acceptors (Lipinski definition) is 6. The van der Waals surface area contributed by atoms with Crippen LogP contribution in [0.3, 0.4) is 0 Å². The zero-order valence-electron chi connectivity index (χ0n) is 18.5. The van der Waals surface area contributed by atoms with Crippen molar-refractivity contribution in [3.63, 3.8) is 0 Å². The fourth-order valence-corrected chi connectivity index (χ4v) is 3.63. The van der Waals surface area contributed by atoms with E-state index < -0.39 is 5.97 Å². The van der Waals surface area contributed by atoms with Crippen molar-refractivity contribution in [1.29, 1.82) is 0 Å². The molecule has 174 valence electrons. The SMILES string of the molecule is C/C=C/C(=O)Nc1ccc(CN=Cc2c(O)[nH]c(=O)c3ccc(I)cc23)cc1OC(=O)/C=C/C. The molecular formula is C25H22IN3O5. The van der Waals surface area contributed by atoms with Crippen molar-refractivity contribution in [2.24, 2.45) is 4.99 Å². The summed E-state index contributed by atoms with van der Waals surface area (Å²) >= 11 is 2.13. The molecule has 3 N–H and O–H groups in total. The number of allylic oxidation sites excluding steroid dienone is 2. The number of fused-ring (bicyclic) bond motifs is 1. The third kappa shape index (κ3) is 6.19. The summed E-state index contributed by atoms with van der Waals surface area (Å²) in [5.41, 5.74) is 1.05. The molecule has 0 aliphatic rings. The summed E-state index contributed by atoms with van der Waals surface area (Å²) in [5.74, 6) is -1.03. The second-order valence-electron chi connectivity index (χ2n) is 7.12. The Morgan fingerprint density at radius 2 is 1.88 bits per heavy atom. The number of anilines is 1. The van der Waals surface area contributed by atoms with E-state index in [0.717, 1.165) is 3.57 Å². The molecule has 34 heavy (non-hydrogen) atoms. The number of pyridine rings is 1. The second kappa shape index (κ2) is 11.4. The van der Waals surface area contributed by atoms with Crippen LogP contribution in [-0.4, -0.2) is 28.2 Å². The van der Waals surface area contributed by atoms with Gasteiger partial charge in [0, 0.05) is 26.6 Å². The smallest absolute Gasteiger partial charge is 0.335 e. The molecule has 3 rings (SSSR count). The van der Waals surface area contributed by atoms with Gasteiger partial charge in [-0.2, -0.15) is 0 Å². The van der Waals surface area contributed by atoms with Gasteiger partial charge in [0.2, 0.25) is 11.8 Å². The molecule has 0 saturated heterocycles. The molecule has 0 saturated carbocycles. The van der Waals surface area contributed by atoms with E-state index in [1.807, 2.05) is 6.07 Å². The fraction of sp³-hybridized carbons (Fsp3) is 0.120. The van der Waals surface area contributed by atoms with Crippen molar-refractivity contribution in [2.45, 2.75) is 20.4 Å². The minimum Gasteiger partial charge on any atom is -0.494 e. The van der Waals surface area contributed by atoms with Crippen LogP contribution in [-0.2, 0) is 16.1 Å². The number of nitrogens with one attached hydrogen (secondary N) is 2. The maximum absolute atomic E-state index is 12.1. The standard InChI is InChI=1S/C25H22IN3O5/c1-3-5-22(30)28-20-10-7-15(11-21(20)34-23(31)6-4-2)13-27-14-19-18-12-16(26)8-9-17(18)24(32)29-25(19)33/h3-12,14H,13H2,1-2H3,(H,28,30)(H2,29,32,33)/b5-3+,6-4+,27-14?. The van der Waals surface area contributed by atoms with E-state index in [1.165, 1.54) is 18.4 Å². The van der Waals surface area contributed by atoms with Crippen LogP contribution in [0.25, 0.3) is 10.8 Å². The number of aromatic nitrogens is 1. The van der Waals surface area contributed by atoms with Gasteiger partial charge < -0.3 is 15.2 Å². The fourth-order valence-electron chi connectivity index (χ4n) is 3.14. The highest BCUT2D eigenvalue weighted by molar-refractivity contribution is 14.1. The number of aliphatic imine (C=N–C) groups is 1. The number of aromatic amines is 1. The Hall–Kier alpha value is -3.73. The molecule has 0 atom stereocenters. The number of benzene rings is 2. The number of nitrogens with zero attached hydrogens (tertiary/aromatic N) is 1. The van der Waals surface area contributed by atoms with Crippen molar-refractivity contribution in [2.75, 3.05) is 5.32 Å². The Morgan fingerprint density at radius 1 is 1.12 bits per heavy atom. The van der Waals surface area contributed by atoms with Crippen LogP contribution in [0.1, 0.15) is 25.0 Å². The molecule has 0 radical (unpaired) electrons. The Labute approximate surface area is 209 Å². The van der Waals surface area contributed by atoms with Crippen LogP contribution >= 0.6 is 22.6 Å². The molecule has 0 spiro atoms. The first-order chi connectivity index (χ1) is 16.3. The summed E-state index contributed by atoms with van der Waals surface area (Å²) in [4.78, 5) is 42.9. The highest BCUT2D eigenvalue weighted by Gasteiger charge is 2.12. The summed E-state index contributed by atoms with van der Waals surface area (Å²) in [5, 5.41) is 14.0. The molecule has 1 heterocycles. The van der Waals surface area contributed by atoms with E-state index in [-0.39, 0.29) is 29.6 Å². The zero-order valence-corrected chi connectivity index (χ0v) is 20.6. The predicted molar refractivity (Wildman–Crippen MR) is 141 cm³/mol. The Bertz CT molecular complexity index is 1390. The average molecular weight is 571 g/mol. The van der Waals surface area contributed by atoms with Gasteiger partial charge in [-0.3, -0.25) is 19.6 Å². The lowest BCUT2D eigenvalue weighted by atomic mass is 10.1. The lowest BCUT2D eigenvalue weighted by Gasteiger charge is -2.11. The van der Waals surface area contributed by atoms with Crippen LogP contribution in [0.5, 0.6) is 11.6 Å². The van der Waals surface area contributed by atoms with E-state index in [9.17, 15) is 19.5 Å². The van der Waals surface area contributed by atoms with Gasteiger partial charge >= 0.3 is 5.97 Å². The van der Waals surface area contributed by atoms with Crippen molar-refractivity contribution in [3.8, 4) is 11.6 Å². The van der Waals surface area contributed by atoms with Gasteiger partial charge in [-0.25, -0.2) is 4.79 Å². The van der Waals surface area contributed by atoms with Gasteiger partial charge in [-0.15, -0.1) is 0 Å². The summed E-state index contributed by atoms with van der Waals surface area (Å²) < 4.78 is 6.29. The average Bonchev–Trinajstić information content (AvgIpc) is 2.77. The van der Waals surface area contributed by atoms with Crippen molar-refractivity contribution in [3.05, 3.63) is 85.8 Å². The van der Waals surface area contributed by atoms with Gasteiger partial charge in [0.1, 0.15) is 0 Å². The van der Waals surface area contributed by atoms with Crippen LogP contribution in [0, 0.1) is 3.57 Å². The lowest BCUT2D eigenvalue weighted by Crippen LogP contribution is -2.12. The number of hydrogen-bond donors (Lipinski definition) is 3. The monoisotopic (exact) mass is 571 g/mol. The van der Waals surface area contributed by atoms with E-state index in [2.05, 4.69) is 37.9 Å². The zero-order chi connectivity index (χ0) is 24.7. The molecule has 9 heteroatoms. The first-order valence-electron chi connectivity index (χ1n) is 10.3. The van der Waals surface area contributed by atoms with E-state index in [0.29, 0.717) is 27.6 Å². The molecule has 1 aromatic heterocycles. The van der Waals surface area contributed by atoms with E-state index in [4.69, 9.17) is 4.74 Å². The molecule has 8 nitrogen and oxygen atoms in total. The van der Waals surface area contributed by atoms with Gasteiger partial charge in [0.15, 0.2) is 5.75 Å². The molecule has 2 aromatic carbocycles. The molecule has 0 fully saturated rings. The molecule has 0 aliphatic heterocycles. The Morgan fingerprint density at radius 3 is 2.62 bits per heavy atom. The van der Waals surface area contributed by atoms with Gasteiger partial charge in [0.25, 0.3) is 5.56 Å². The summed E-state index contributed by atoms with van der Waals surface area (Å²) in [7, 11) is 0. The number of esters is 1. The molecule has 1 amide bonds. The highest BCUT2D eigenvalue weighted by atomic mass is 127. The summed E-state index contributed by atoms with van der Waals surface area (Å²) in [6, 6.07) is 10.3. The number of carbonyl (C=O) groups is 2. The van der Waals surface area contributed by atoms with Gasteiger partial charge in [0.05, 0.1) is 17.8 Å². The number of aromatic hydroxyl groups is 1. The second-order valence-corrected chi connectivity index (χ2v) is 8.36. The Balaban J connectivity index is 1.91. The number of rotatable bonds is 7. The number of carbonyl (C=O) groups excluding carboxylic acids is 2. The van der Waals surface area contributed by atoms with Crippen LogP contribution in [0.15, 0.2) is 70.5 Å².